The van der Waals surface area contributed by atoms with Crippen LogP contribution in [0.25, 0.3) is 0 Å². The van der Waals surface area contributed by atoms with Gasteiger partial charge in [-0.05, 0) is 29.8 Å². The Kier molecular flexibility index (Phi) is 5.76. The first-order chi connectivity index (χ1) is 13.1. The fourth-order valence-corrected chi connectivity index (χ4v) is 2.56. The van der Waals surface area contributed by atoms with Gasteiger partial charge in [0.2, 0.25) is 0 Å². The van der Waals surface area contributed by atoms with Gasteiger partial charge in [0.15, 0.2) is 23.2 Å². The maximum Gasteiger partial charge on any atom is 0.254 e. The second-order valence-corrected chi connectivity index (χ2v) is 5.78. The smallest absolute Gasteiger partial charge is 0.254 e. The Labute approximate surface area is 154 Å². The van der Waals surface area contributed by atoms with E-state index in [0.29, 0.717) is 5.56 Å². The minimum absolute atomic E-state index is 0.0321. The molecule has 0 radical (unpaired) electrons. The molecule has 3 aromatic carbocycles. The summed E-state index contributed by atoms with van der Waals surface area (Å²) in [6.07, 6.45) is 0. The molecular formula is C21H16F3NO2. The summed E-state index contributed by atoms with van der Waals surface area (Å²) >= 11 is 0. The summed E-state index contributed by atoms with van der Waals surface area (Å²) in [5, 5.41) is 2.61. The van der Waals surface area contributed by atoms with Crippen LogP contribution in [-0.2, 0) is 0 Å². The number of hydrogen-bond donors (Lipinski definition) is 1. The lowest BCUT2D eigenvalue weighted by Crippen LogP contribution is -2.33. The number of halogens is 3. The van der Waals surface area contributed by atoms with Gasteiger partial charge < -0.3 is 10.1 Å². The molecule has 0 heterocycles. The van der Waals surface area contributed by atoms with E-state index >= 15 is 0 Å². The van der Waals surface area contributed by atoms with Crippen molar-refractivity contribution in [3.8, 4) is 5.75 Å². The van der Waals surface area contributed by atoms with Gasteiger partial charge in [-0.1, -0.05) is 48.5 Å². The summed E-state index contributed by atoms with van der Waals surface area (Å²) in [6, 6.07) is 17.4. The Bertz CT molecular complexity index is 932. The van der Waals surface area contributed by atoms with Crippen molar-refractivity contribution in [3.63, 3.8) is 0 Å². The van der Waals surface area contributed by atoms with Gasteiger partial charge in [0.05, 0.1) is 11.6 Å². The van der Waals surface area contributed by atoms with E-state index in [1.165, 1.54) is 30.3 Å². The quantitative estimate of drug-likeness (QED) is 0.685. The lowest BCUT2D eigenvalue weighted by molar-refractivity contribution is 0.0915. The van der Waals surface area contributed by atoms with Gasteiger partial charge in [0.25, 0.3) is 5.91 Å². The Balaban J connectivity index is 1.81. The molecule has 1 amide bonds. The van der Waals surface area contributed by atoms with Crippen LogP contribution in [0.15, 0.2) is 72.8 Å². The van der Waals surface area contributed by atoms with Gasteiger partial charge in [0, 0.05) is 0 Å². The lowest BCUT2D eigenvalue weighted by atomic mass is 10.1. The van der Waals surface area contributed by atoms with Crippen LogP contribution >= 0.6 is 0 Å². The van der Waals surface area contributed by atoms with Gasteiger partial charge in [0.1, 0.15) is 6.61 Å². The fraction of sp³-hybridized carbons (Fsp3) is 0.0952. The van der Waals surface area contributed by atoms with Crippen molar-refractivity contribution in [2.24, 2.45) is 0 Å². The van der Waals surface area contributed by atoms with Crippen LogP contribution in [0.5, 0.6) is 5.75 Å². The van der Waals surface area contributed by atoms with Crippen LogP contribution in [0, 0.1) is 17.5 Å². The largest absolute Gasteiger partial charge is 0.488 e. The molecule has 0 spiro atoms. The Morgan fingerprint density at radius 3 is 2.26 bits per heavy atom. The molecule has 0 aliphatic heterocycles. The number of para-hydroxylation sites is 1. The van der Waals surface area contributed by atoms with Crippen molar-refractivity contribution in [1.82, 2.24) is 5.32 Å². The molecule has 0 aliphatic carbocycles. The Hall–Kier alpha value is -3.28. The van der Waals surface area contributed by atoms with E-state index in [1.54, 1.807) is 36.4 Å². The van der Waals surface area contributed by atoms with Crippen molar-refractivity contribution in [1.29, 1.82) is 0 Å². The summed E-state index contributed by atoms with van der Waals surface area (Å²) < 4.78 is 46.5. The average Bonchev–Trinajstić information content (AvgIpc) is 2.69. The molecule has 0 fully saturated rings. The highest BCUT2D eigenvalue weighted by atomic mass is 19.2. The SMILES string of the molecule is O=C(NC(COc1ccccc1F)c1ccccc1)c1cccc(F)c1F. The molecule has 0 saturated carbocycles. The van der Waals surface area contributed by atoms with E-state index in [1.807, 2.05) is 0 Å². The van der Waals surface area contributed by atoms with Gasteiger partial charge in [-0.15, -0.1) is 0 Å². The molecule has 0 bridgehead atoms. The molecule has 1 unspecified atom stereocenters. The first-order valence-electron chi connectivity index (χ1n) is 8.23. The average molecular weight is 371 g/mol. The van der Waals surface area contributed by atoms with Crippen LogP contribution in [-0.4, -0.2) is 12.5 Å². The summed E-state index contributed by atoms with van der Waals surface area (Å²) in [5.74, 6) is -3.63. The molecule has 0 aromatic heterocycles. The van der Waals surface area contributed by atoms with E-state index in [9.17, 15) is 18.0 Å². The number of nitrogens with one attached hydrogen (secondary N) is 1. The molecule has 6 heteroatoms. The van der Waals surface area contributed by atoms with Gasteiger partial charge in [-0.2, -0.15) is 0 Å². The number of ether oxygens (including phenoxy) is 1. The molecule has 27 heavy (non-hydrogen) atoms. The number of carbonyl (C=O) groups excluding carboxylic acids is 1. The van der Waals surface area contributed by atoms with E-state index < -0.39 is 35.0 Å². The fourth-order valence-electron chi connectivity index (χ4n) is 2.56. The van der Waals surface area contributed by atoms with Crippen LogP contribution in [0.3, 0.4) is 0 Å². The van der Waals surface area contributed by atoms with Crippen LogP contribution in [0.2, 0.25) is 0 Å². The predicted molar refractivity (Wildman–Crippen MR) is 94.9 cm³/mol. The first kappa shape index (κ1) is 18.5. The maximum absolute atomic E-state index is 13.9. The third-order valence-electron chi connectivity index (χ3n) is 3.95. The zero-order valence-corrected chi connectivity index (χ0v) is 14.2. The molecule has 3 nitrogen and oxygen atoms in total. The topological polar surface area (TPSA) is 38.3 Å². The number of rotatable bonds is 6. The minimum Gasteiger partial charge on any atom is -0.488 e. The zero-order chi connectivity index (χ0) is 19.2. The maximum atomic E-state index is 13.9. The highest BCUT2D eigenvalue weighted by molar-refractivity contribution is 5.94. The number of hydrogen-bond acceptors (Lipinski definition) is 2. The van der Waals surface area contributed by atoms with Crippen molar-refractivity contribution < 1.29 is 22.7 Å². The van der Waals surface area contributed by atoms with Crippen molar-refractivity contribution in [2.45, 2.75) is 6.04 Å². The van der Waals surface area contributed by atoms with E-state index in [-0.39, 0.29) is 12.4 Å². The van der Waals surface area contributed by atoms with Gasteiger partial charge in [-0.3, -0.25) is 4.79 Å². The molecule has 0 saturated heterocycles. The van der Waals surface area contributed by atoms with E-state index in [0.717, 1.165) is 6.07 Å². The van der Waals surface area contributed by atoms with Gasteiger partial charge >= 0.3 is 0 Å². The van der Waals surface area contributed by atoms with E-state index in [4.69, 9.17) is 4.74 Å². The summed E-state index contributed by atoms with van der Waals surface area (Å²) in [5.41, 5.74) is 0.265. The highest BCUT2D eigenvalue weighted by Crippen LogP contribution is 2.20. The van der Waals surface area contributed by atoms with Crippen molar-refractivity contribution in [3.05, 3.63) is 101 Å². The highest BCUT2D eigenvalue weighted by Gasteiger charge is 2.21. The van der Waals surface area contributed by atoms with Crippen LogP contribution in [0.1, 0.15) is 22.0 Å². The van der Waals surface area contributed by atoms with Crippen molar-refractivity contribution in [2.75, 3.05) is 6.61 Å². The molecule has 138 valence electrons. The minimum atomic E-state index is -1.23. The number of carbonyl (C=O) groups is 1. The van der Waals surface area contributed by atoms with Gasteiger partial charge in [-0.25, -0.2) is 13.2 Å². The van der Waals surface area contributed by atoms with Crippen LogP contribution < -0.4 is 10.1 Å². The Morgan fingerprint density at radius 1 is 0.852 bits per heavy atom. The molecule has 3 rings (SSSR count). The summed E-state index contributed by atoms with van der Waals surface area (Å²) in [7, 11) is 0. The van der Waals surface area contributed by atoms with Crippen molar-refractivity contribution >= 4 is 5.91 Å². The number of benzene rings is 3. The Morgan fingerprint density at radius 2 is 1.52 bits per heavy atom. The predicted octanol–water partition coefficient (Wildman–Crippen LogP) is 4.65. The molecule has 3 aromatic rings. The molecule has 1 atom stereocenters. The molecule has 0 aliphatic rings. The molecular weight excluding hydrogens is 355 g/mol. The first-order valence-corrected chi connectivity index (χ1v) is 8.23. The standard InChI is InChI=1S/C21H16F3NO2/c22-16-10-4-5-12-19(16)27-13-18(14-7-2-1-3-8-14)25-21(26)15-9-6-11-17(23)20(15)24/h1-12,18H,13H2,(H,25,26). The lowest BCUT2D eigenvalue weighted by Gasteiger charge is -2.20. The van der Waals surface area contributed by atoms with E-state index in [2.05, 4.69) is 5.32 Å². The van der Waals surface area contributed by atoms with Crippen LogP contribution in [0.4, 0.5) is 13.2 Å². The summed E-state index contributed by atoms with van der Waals surface area (Å²) in [6.45, 7) is -0.0897. The normalized spacial score (nSPS) is 11.7. The summed E-state index contributed by atoms with van der Waals surface area (Å²) in [4.78, 5) is 12.4. The third kappa shape index (κ3) is 4.47. The second kappa shape index (κ2) is 8.40. The zero-order valence-electron chi connectivity index (χ0n) is 14.2. The second-order valence-electron chi connectivity index (χ2n) is 5.78. The molecule has 1 N–H and O–H groups in total. The third-order valence-corrected chi connectivity index (χ3v) is 3.95. The monoisotopic (exact) mass is 371 g/mol. The number of amides is 1.